The largest absolute Gasteiger partial charge is 0.386 e. The minimum atomic E-state index is -3.68. The first-order valence-corrected chi connectivity index (χ1v) is 7.21. The zero-order valence-corrected chi connectivity index (χ0v) is 11.0. The van der Waals surface area contributed by atoms with Gasteiger partial charge < -0.3 is 5.73 Å². The lowest BCUT2D eigenvalue weighted by atomic mass is 9.98. The van der Waals surface area contributed by atoms with E-state index in [2.05, 4.69) is 9.82 Å². The number of amidine groups is 1. The zero-order valence-electron chi connectivity index (χ0n) is 10.2. The maximum Gasteiger partial charge on any atom is 0.244 e. The van der Waals surface area contributed by atoms with E-state index in [1.165, 1.54) is 17.1 Å². The van der Waals surface area contributed by atoms with Gasteiger partial charge in [-0.2, -0.15) is 9.82 Å². The van der Waals surface area contributed by atoms with Crippen LogP contribution in [0.5, 0.6) is 0 Å². The van der Waals surface area contributed by atoms with Gasteiger partial charge in [-0.25, -0.2) is 8.42 Å². The Morgan fingerprint density at radius 1 is 1.56 bits per heavy atom. The van der Waals surface area contributed by atoms with Gasteiger partial charge in [-0.15, -0.1) is 0 Å². The molecule has 0 radical (unpaired) electrons. The fourth-order valence-corrected chi connectivity index (χ4v) is 3.68. The molecule has 0 spiro atoms. The fourth-order valence-electron chi connectivity index (χ4n) is 2.26. The number of hydrogen-bond acceptors (Lipinski definition) is 4. The highest BCUT2D eigenvalue weighted by molar-refractivity contribution is 7.89. The van der Waals surface area contributed by atoms with Crippen LogP contribution in [0.1, 0.15) is 25.7 Å². The molecule has 0 aliphatic heterocycles. The lowest BCUT2D eigenvalue weighted by Gasteiger charge is -2.28. The molecule has 2 rings (SSSR count). The molecule has 1 heterocycles. The van der Waals surface area contributed by atoms with Crippen molar-refractivity contribution in [2.75, 3.05) is 0 Å². The molecule has 1 aromatic rings. The lowest BCUT2D eigenvalue weighted by Crippen LogP contribution is -2.55. The summed E-state index contributed by atoms with van der Waals surface area (Å²) in [6.45, 7) is 0. The van der Waals surface area contributed by atoms with Gasteiger partial charge in [0.1, 0.15) is 10.7 Å². The van der Waals surface area contributed by atoms with Gasteiger partial charge in [-0.05, 0) is 12.8 Å². The van der Waals surface area contributed by atoms with Crippen molar-refractivity contribution in [3.05, 3.63) is 12.4 Å². The Labute approximate surface area is 106 Å². The van der Waals surface area contributed by atoms with Gasteiger partial charge in [0.15, 0.2) is 0 Å². The van der Waals surface area contributed by atoms with Crippen molar-refractivity contribution in [3.8, 4) is 0 Å². The molecule has 0 atom stereocenters. The van der Waals surface area contributed by atoms with Crippen LogP contribution in [0.4, 0.5) is 0 Å². The average Bonchev–Trinajstić information content (AvgIpc) is 2.87. The number of nitrogens with two attached hydrogens (primary N) is 1. The Morgan fingerprint density at radius 2 is 2.17 bits per heavy atom. The molecule has 0 unspecified atom stereocenters. The third kappa shape index (κ3) is 2.25. The molecule has 18 heavy (non-hydrogen) atoms. The number of aromatic nitrogens is 2. The van der Waals surface area contributed by atoms with Crippen molar-refractivity contribution in [2.24, 2.45) is 12.8 Å². The van der Waals surface area contributed by atoms with Crippen LogP contribution in [0, 0.1) is 5.41 Å². The molecule has 1 fully saturated rings. The van der Waals surface area contributed by atoms with Crippen LogP contribution in [-0.4, -0.2) is 29.6 Å². The summed E-state index contributed by atoms with van der Waals surface area (Å²) in [5.41, 5.74) is 4.64. The summed E-state index contributed by atoms with van der Waals surface area (Å²) in [7, 11) is -2.03. The van der Waals surface area contributed by atoms with Gasteiger partial charge in [0, 0.05) is 13.2 Å². The van der Waals surface area contributed by atoms with Crippen LogP contribution < -0.4 is 10.5 Å². The maximum atomic E-state index is 12.2. The summed E-state index contributed by atoms with van der Waals surface area (Å²) < 4.78 is 28.4. The highest BCUT2D eigenvalue weighted by Crippen LogP contribution is 2.31. The summed E-state index contributed by atoms with van der Waals surface area (Å²) >= 11 is 0. The Hall–Kier alpha value is -1.41. The Kier molecular flexibility index (Phi) is 3.16. The molecule has 0 saturated heterocycles. The smallest absolute Gasteiger partial charge is 0.244 e. The summed E-state index contributed by atoms with van der Waals surface area (Å²) in [5.74, 6) is -0.118. The lowest BCUT2D eigenvalue weighted by molar-refractivity contribution is 0.496. The van der Waals surface area contributed by atoms with Crippen molar-refractivity contribution in [1.82, 2.24) is 14.5 Å². The van der Waals surface area contributed by atoms with Crippen LogP contribution in [0.2, 0.25) is 0 Å². The SMILES string of the molecule is Cn1cc(S(=O)(=O)NC2(C(=N)N)CCCC2)cn1. The quantitative estimate of drug-likeness (QED) is 0.526. The highest BCUT2D eigenvalue weighted by atomic mass is 32.2. The molecule has 1 aromatic heterocycles. The number of rotatable bonds is 4. The van der Waals surface area contributed by atoms with Gasteiger partial charge in [-0.3, -0.25) is 10.1 Å². The molecule has 1 saturated carbocycles. The number of aryl methyl sites for hydroxylation is 1. The molecule has 1 aliphatic carbocycles. The molecule has 100 valence electrons. The minimum absolute atomic E-state index is 0.0949. The molecule has 0 amide bonds. The van der Waals surface area contributed by atoms with E-state index in [9.17, 15) is 8.42 Å². The Morgan fingerprint density at radius 3 is 2.61 bits per heavy atom. The van der Waals surface area contributed by atoms with Crippen LogP contribution in [0.25, 0.3) is 0 Å². The van der Waals surface area contributed by atoms with Crippen LogP contribution in [0.15, 0.2) is 17.3 Å². The van der Waals surface area contributed by atoms with E-state index in [0.717, 1.165) is 12.8 Å². The van der Waals surface area contributed by atoms with E-state index >= 15 is 0 Å². The molecule has 4 N–H and O–H groups in total. The second kappa shape index (κ2) is 4.36. The van der Waals surface area contributed by atoms with Gasteiger partial charge in [-0.1, -0.05) is 12.8 Å². The van der Waals surface area contributed by atoms with E-state index in [-0.39, 0.29) is 10.7 Å². The molecule has 7 nitrogen and oxygen atoms in total. The molecule has 0 bridgehead atoms. The van der Waals surface area contributed by atoms with Crippen molar-refractivity contribution >= 4 is 15.9 Å². The van der Waals surface area contributed by atoms with Crippen molar-refractivity contribution in [2.45, 2.75) is 36.1 Å². The van der Waals surface area contributed by atoms with E-state index in [0.29, 0.717) is 12.8 Å². The third-order valence-corrected chi connectivity index (χ3v) is 4.78. The first-order valence-electron chi connectivity index (χ1n) is 5.73. The first kappa shape index (κ1) is 13.0. The summed E-state index contributed by atoms with van der Waals surface area (Å²) in [4.78, 5) is 0.0949. The maximum absolute atomic E-state index is 12.2. The molecular formula is C10H17N5O2S. The number of nitrogens with zero attached hydrogens (tertiary/aromatic N) is 2. The third-order valence-electron chi connectivity index (χ3n) is 3.29. The van der Waals surface area contributed by atoms with Gasteiger partial charge in [0.05, 0.1) is 11.7 Å². The van der Waals surface area contributed by atoms with Gasteiger partial charge in [0.25, 0.3) is 0 Å². The number of hydrogen-bond donors (Lipinski definition) is 3. The summed E-state index contributed by atoms with van der Waals surface area (Å²) in [5, 5.41) is 11.5. The predicted octanol–water partition coefficient (Wildman–Crippen LogP) is -0.0528. The summed E-state index contributed by atoms with van der Waals surface area (Å²) in [6.07, 6.45) is 5.59. The van der Waals surface area contributed by atoms with Crippen LogP contribution in [-0.2, 0) is 17.1 Å². The molecular weight excluding hydrogens is 254 g/mol. The van der Waals surface area contributed by atoms with Crippen LogP contribution >= 0.6 is 0 Å². The van der Waals surface area contributed by atoms with E-state index in [1.807, 2.05) is 0 Å². The molecule has 0 aromatic carbocycles. The Balaban J connectivity index is 2.29. The standard InChI is InChI=1S/C10H17N5O2S/c1-15-7-8(6-13-15)18(16,17)14-10(9(11)12)4-2-3-5-10/h6-7,14H,2-5H2,1H3,(H3,11,12). The highest BCUT2D eigenvalue weighted by Gasteiger charge is 2.41. The normalized spacial score (nSPS) is 18.9. The van der Waals surface area contributed by atoms with Gasteiger partial charge in [0.2, 0.25) is 10.0 Å². The zero-order chi connectivity index (χ0) is 13.4. The van der Waals surface area contributed by atoms with Crippen molar-refractivity contribution in [3.63, 3.8) is 0 Å². The average molecular weight is 271 g/mol. The number of sulfonamides is 1. The second-order valence-electron chi connectivity index (χ2n) is 4.66. The van der Waals surface area contributed by atoms with E-state index in [4.69, 9.17) is 11.1 Å². The second-order valence-corrected chi connectivity index (χ2v) is 6.34. The monoisotopic (exact) mass is 271 g/mol. The molecule has 8 heteroatoms. The van der Waals surface area contributed by atoms with Crippen molar-refractivity contribution < 1.29 is 8.42 Å². The molecule has 1 aliphatic rings. The minimum Gasteiger partial charge on any atom is -0.386 e. The van der Waals surface area contributed by atoms with E-state index in [1.54, 1.807) is 7.05 Å². The fraction of sp³-hybridized carbons (Fsp3) is 0.600. The number of nitrogens with one attached hydrogen (secondary N) is 2. The van der Waals surface area contributed by atoms with E-state index < -0.39 is 15.6 Å². The van der Waals surface area contributed by atoms with Gasteiger partial charge >= 0.3 is 0 Å². The Bertz CT molecular complexity index is 557. The van der Waals surface area contributed by atoms with Crippen molar-refractivity contribution in [1.29, 1.82) is 5.41 Å². The topological polar surface area (TPSA) is 114 Å². The summed E-state index contributed by atoms with van der Waals surface area (Å²) in [6, 6.07) is 0. The first-order chi connectivity index (χ1) is 8.36. The van der Waals surface area contributed by atoms with Crippen LogP contribution in [0.3, 0.4) is 0 Å². The predicted molar refractivity (Wildman–Crippen MR) is 66.6 cm³/mol.